The number of Topliss-reactive ketones (excluding diaryl/α,β-unsaturated/α-hetero) is 2. The summed E-state index contributed by atoms with van der Waals surface area (Å²) in [5.41, 5.74) is 0. The fraction of sp³-hybridized carbons (Fsp3) is 0.800. The highest BCUT2D eigenvalue weighted by molar-refractivity contribution is 6.23. The van der Waals surface area contributed by atoms with Crippen molar-refractivity contribution in [1.82, 2.24) is 0 Å². The zero-order valence-electron chi connectivity index (χ0n) is 13.4. The molecular formula is C10Cl2F16O4. The molecule has 0 spiro atoms. The number of hydrogen-bond acceptors (Lipinski definition) is 4. The molecule has 0 aromatic heterocycles. The minimum atomic E-state index is -7.28. The van der Waals surface area contributed by atoms with Crippen LogP contribution >= 0.6 is 23.2 Å². The van der Waals surface area contributed by atoms with Gasteiger partial charge in [-0.3, -0.25) is 9.59 Å². The molecule has 0 aliphatic rings. The van der Waals surface area contributed by atoms with Crippen LogP contribution in [0.4, 0.5) is 70.2 Å². The largest absolute Gasteiger partial charge is 0.448 e. The van der Waals surface area contributed by atoms with Crippen molar-refractivity contribution in [3.8, 4) is 0 Å². The number of ketones is 2. The summed E-state index contributed by atoms with van der Waals surface area (Å²) in [7, 11) is 0. The number of rotatable bonds is 11. The minimum Gasteiger partial charge on any atom is -0.283 e. The predicted molar refractivity (Wildman–Crippen MR) is 63.5 cm³/mol. The smallest absolute Gasteiger partial charge is 0.283 e. The third-order valence-corrected chi connectivity index (χ3v) is 3.33. The average Bonchev–Trinajstić information content (AvgIpc) is 2.56. The van der Waals surface area contributed by atoms with E-state index in [1.165, 1.54) is 0 Å². The number of halogens is 18. The molecule has 0 bridgehead atoms. The van der Waals surface area contributed by atoms with E-state index in [4.69, 9.17) is 0 Å². The van der Waals surface area contributed by atoms with E-state index in [9.17, 15) is 79.8 Å². The first-order chi connectivity index (χ1) is 13.5. The lowest BCUT2D eigenvalue weighted by molar-refractivity contribution is -0.497. The van der Waals surface area contributed by atoms with Gasteiger partial charge in [-0.05, 0) is 23.2 Å². The second kappa shape index (κ2) is 8.19. The molecule has 32 heavy (non-hydrogen) atoms. The fourth-order valence-electron chi connectivity index (χ4n) is 1.19. The Morgan fingerprint density at radius 3 is 0.812 bits per heavy atom. The number of alkyl halides is 18. The fourth-order valence-corrected chi connectivity index (χ4v) is 1.42. The van der Waals surface area contributed by atoms with E-state index in [0.717, 1.165) is 0 Å². The SMILES string of the molecule is O=C(C(F)(F)OOC(F)(F)C(=O)C(F)(F)C(F)(F)C(F)(F)Cl)C(F)(F)C(F)(F)C(F)(F)Cl. The van der Waals surface area contributed by atoms with Gasteiger partial charge in [0.2, 0.25) is 0 Å². The molecular weight excluding hydrogens is 559 g/mol. The average molecular weight is 559 g/mol. The van der Waals surface area contributed by atoms with Crippen molar-refractivity contribution in [2.24, 2.45) is 0 Å². The van der Waals surface area contributed by atoms with Crippen LogP contribution in [0.1, 0.15) is 0 Å². The zero-order chi connectivity index (χ0) is 26.6. The summed E-state index contributed by atoms with van der Waals surface area (Å²) in [6, 6.07) is 0. The van der Waals surface area contributed by atoms with Gasteiger partial charge in [-0.2, -0.15) is 70.2 Å². The van der Waals surface area contributed by atoms with Gasteiger partial charge in [-0.25, -0.2) is 0 Å². The molecule has 22 heteroatoms. The summed E-state index contributed by atoms with van der Waals surface area (Å²) >= 11 is 7.00. The van der Waals surface area contributed by atoms with Crippen LogP contribution in [0.2, 0.25) is 0 Å². The van der Waals surface area contributed by atoms with Crippen LogP contribution in [-0.4, -0.2) is 58.2 Å². The van der Waals surface area contributed by atoms with E-state index in [-0.39, 0.29) is 0 Å². The van der Waals surface area contributed by atoms with E-state index < -0.39 is 58.2 Å². The quantitative estimate of drug-likeness (QED) is 0.146. The molecule has 0 N–H and O–H groups in total. The van der Waals surface area contributed by atoms with Gasteiger partial charge in [0.1, 0.15) is 0 Å². The lowest BCUT2D eigenvalue weighted by atomic mass is 10.1. The molecule has 190 valence electrons. The molecule has 0 aliphatic carbocycles. The lowest BCUT2D eigenvalue weighted by Gasteiger charge is -2.31. The Labute approximate surface area is 172 Å². The monoisotopic (exact) mass is 558 g/mol. The molecule has 4 nitrogen and oxygen atoms in total. The van der Waals surface area contributed by atoms with Crippen molar-refractivity contribution in [2.45, 2.75) is 46.7 Å². The van der Waals surface area contributed by atoms with Crippen LogP contribution < -0.4 is 0 Å². The summed E-state index contributed by atoms with van der Waals surface area (Å²) in [4.78, 5) is 24.9. The molecule has 0 heterocycles. The van der Waals surface area contributed by atoms with E-state index in [2.05, 4.69) is 23.2 Å². The first-order valence-corrected chi connectivity index (χ1v) is 7.14. The molecule has 0 radical (unpaired) electrons. The van der Waals surface area contributed by atoms with Crippen molar-refractivity contribution < 1.29 is 89.6 Å². The predicted octanol–water partition coefficient (Wildman–Crippen LogP) is 5.46. The van der Waals surface area contributed by atoms with Crippen LogP contribution in [-0.2, 0) is 19.4 Å². The Kier molecular flexibility index (Phi) is 7.86. The van der Waals surface area contributed by atoms with E-state index in [0.29, 0.717) is 0 Å². The maximum atomic E-state index is 13.0. The van der Waals surface area contributed by atoms with Crippen LogP contribution in [0.5, 0.6) is 0 Å². The number of carbonyl (C=O) groups excluding carboxylic acids is 2. The lowest BCUT2D eigenvalue weighted by Crippen LogP contribution is -2.61. The highest BCUT2D eigenvalue weighted by Gasteiger charge is 2.80. The van der Waals surface area contributed by atoms with E-state index >= 15 is 0 Å². The van der Waals surface area contributed by atoms with Crippen LogP contribution in [0.15, 0.2) is 0 Å². The first-order valence-electron chi connectivity index (χ1n) is 6.38. The second-order valence-electron chi connectivity index (χ2n) is 5.15. The molecule has 0 atom stereocenters. The summed E-state index contributed by atoms with van der Waals surface area (Å²) in [6.07, 6.45) is -13.8. The number of carbonyl (C=O) groups is 2. The summed E-state index contributed by atoms with van der Waals surface area (Å²) in [6.45, 7) is 0. The second-order valence-corrected chi connectivity index (χ2v) is 6.10. The van der Waals surface area contributed by atoms with Crippen LogP contribution in [0.3, 0.4) is 0 Å². The van der Waals surface area contributed by atoms with Gasteiger partial charge in [-0.1, -0.05) is 0 Å². The molecule has 0 saturated carbocycles. The molecule has 0 aromatic carbocycles. The first kappa shape index (κ1) is 30.7. The van der Waals surface area contributed by atoms with Gasteiger partial charge >= 0.3 is 58.2 Å². The Balaban J connectivity index is 5.86. The minimum absolute atomic E-state index is 1.81. The molecule has 0 unspecified atom stereocenters. The van der Waals surface area contributed by atoms with Crippen LogP contribution in [0.25, 0.3) is 0 Å². The Hall–Kier alpha value is -1.28. The van der Waals surface area contributed by atoms with Crippen molar-refractivity contribution in [3.63, 3.8) is 0 Å². The van der Waals surface area contributed by atoms with Crippen molar-refractivity contribution in [1.29, 1.82) is 0 Å². The highest BCUT2D eigenvalue weighted by atomic mass is 35.5. The standard InChI is InChI=1S/C10Cl2F16O4/c11-9(25,26)7(21,22)3(13,14)1(29)5(17,18)31-32-6(19,20)2(30)4(15,16)8(23,24)10(12,27)28. The van der Waals surface area contributed by atoms with Crippen molar-refractivity contribution in [2.75, 3.05) is 0 Å². The van der Waals surface area contributed by atoms with Gasteiger partial charge in [0, 0.05) is 0 Å². The maximum Gasteiger partial charge on any atom is 0.448 e. The third kappa shape index (κ3) is 5.11. The summed E-state index contributed by atoms with van der Waals surface area (Å²) in [5, 5.41) is -12.9. The van der Waals surface area contributed by atoms with Crippen LogP contribution in [0, 0.1) is 0 Å². The van der Waals surface area contributed by atoms with Gasteiger partial charge in [0.25, 0.3) is 0 Å². The van der Waals surface area contributed by atoms with Gasteiger partial charge in [-0.15, -0.1) is 9.78 Å². The Morgan fingerprint density at radius 1 is 0.469 bits per heavy atom. The maximum absolute atomic E-state index is 13.0. The summed E-state index contributed by atoms with van der Waals surface area (Å²) < 4.78 is 204. The highest BCUT2D eigenvalue weighted by Crippen LogP contribution is 2.52. The molecule has 0 aliphatic heterocycles. The normalized spacial score (nSPS) is 15.7. The van der Waals surface area contributed by atoms with Gasteiger partial charge < -0.3 is 0 Å². The Morgan fingerprint density at radius 2 is 0.656 bits per heavy atom. The molecule has 0 saturated heterocycles. The van der Waals surface area contributed by atoms with Crippen molar-refractivity contribution in [3.05, 3.63) is 0 Å². The van der Waals surface area contributed by atoms with E-state index in [1.54, 1.807) is 0 Å². The van der Waals surface area contributed by atoms with Gasteiger partial charge in [0.05, 0.1) is 0 Å². The topological polar surface area (TPSA) is 52.6 Å². The summed E-state index contributed by atoms with van der Waals surface area (Å²) in [5.74, 6) is -38.6. The molecule has 0 aromatic rings. The molecule has 0 rings (SSSR count). The zero-order valence-corrected chi connectivity index (χ0v) is 14.9. The Bertz CT molecular complexity index is 678. The van der Waals surface area contributed by atoms with E-state index in [1.807, 2.05) is 9.78 Å². The van der Waals surface area contributed by atoms with Gasteiger partial charge in [0.15, 0.2) is 0 Å². The third-order valence-electron chi connectivity index (χ3n) is 2.85. The van der Waals surface area contributed by atoms with Crippen molar-refractivity contribution >= 4 is 34.8 Å². The number of hydrogen-bond donors (Lipinski definition) is 0. The molecule has 0 fully saturated rings. The molecule has 0 amide bonds.